The van der Waals surface area contributed by atoms with Gasteiger partial charge in [-0.1, -0.05) is 77.4 Å². The number of epoxide rings is 1. The number of amides is 2. The number of rotatable bonds is 20. The molecule has 20 nitrogen and oxygen atoms in total. The number of aliphatic hydroxyl groups is 1. The third kappa shape index (κ3) is 22.0. The summed E-state index contributed by atoms with van der Waals surface area (Å²) < 4.78 is 88.1. The van der Waals surface area contributed by atoms with Crippen LogP contribution in [0.15, 0.2) is 119 Å². The highest BCUT2D eigenvalue weighted by atomic mass is 32.2. The Kier molecular flexibility index (Phi) is 24.2. The zero-order valence-corrected chi connectivity index (χ0v) is 44.9. The van der Waals surface area contributed by atoms with Crippen molar-refractivity contribution in [3.05, 3.63) is 120 Å². The van der Waals surface area contributed by atoms with E-state index in [9.17, 15) is 31.5 Å². The zero-order valence-electron chi connectivity index (χ0n) is 43.3. The molecule has 3 fully saturated rings. The number of benzene rings is 4. The van der Waals surface area contributed by atoms with Crippen molar-refractivity contribution >= 4 is 32.2 Å². The van der Waals surface area contributed by atoms with Crippen LogP contribution in [0.25, 0.3) is 0 Å². The predicted molar refractivity (Wildman–Crippen MR) is 280 cm³/mol. The fourth-order valence-electron chi connectivity index (χ4n) is 7.15. The molecule has 4 aromatic rings. The highest BCUT2D eigenvalue weighted by Gasteiger charge is 2.37. The third-order valence-electron chi connectivity index (χ3n) is 11.0. The molecule has 4 aromatic carbocycles. The number of nitrogens with one attached hydrogen (secondary N) is 3. The predicted octanol–water partition coefficient (Wildman–Crippen LogP) is 6.75. The van der Waals surface area contributed by atoms with Crippen molar-refractivity contribution in [2.24, 2.45) is 0 Å². The van der Waals surface area contributed by atoms with Crippen LogP contribution in [0.1, 0.15) is 72.9 Å². The van der Waals surface area contributed by atoms with E-state index in [4.69, 9.17) is 42.8 Å². The molecule has 0 spiro atoms. The molecule has 6 atom stereocenters. The molecule has 4 N–H and O–H groups in total. The van der Waals surface area contributed by atoms with Gasteiger partial charge in [0.2, 0.25) is 0 Å². The smallest absolute Gasteiger partial charge is 0.407 e. The lowest BCUT2D eigenvalue weighted by Gasteiger charge is -2.31. The maximum Gasteiger partial charge on any atom is 0.407 e. The maximum atomic E-state index is 13.5. The van der Waals surface area contributed by atoms with Gasteiger partial charge in [-0.3, -0.25) is 9.68 Å². The van der Waals surface area contributed by atoms with Gasteiger partial charge in [0.1, 0.15) is 41.0 Å². The highest BCUT2D eigenvalue weighted by molar-refractivity contribution is 7.89. The highest BCUT2D eigenvalue weighted by Crippen LogP contribution is 2.25. The molecule has 3 heterocycles. The molecule has 75 heavy (non-hydrogen) atoms. The van der Waals surface area contributed by atoms with Crippen LogP contribution in [0, 0.1) is 0 Å². The standard InChI is InChI=1S/C26H36N2O8S.C15H21NO3.C11H15NO5S.CH4/c1-26(2,3)35-25(30)27-23(16-19-8-6-5-7-9-19)24(29)17-28(36-21-14-15-34-18-21)37(31,32)22-12-10-20(33-4)11-13-22;1-15(2,3)19-14(17)16-12(13-10-18-13)9-11-7-5-4-6-8-11;1-15-9-2-4-11(5-3-9)18(13,14)12-17-10-6-7-16-8-10;/h5-13,21,23-24,29H,14-18H2,1-4H3,(H,27,30);4-8,12-13H,9-10H2,1-3H3,(H,16,17);2-5,10,12H,6-8H2,1H3;1H4/t21?,23-,24+;12-,13?;;/m00../s1. The minimum absolute atomic E-state index is 0. The number of alkyl carbamates (subject to hydrolysis) is 2. The van der Waals surface area contributed by atoms with E-state index in [1.165, 1.54) is 56.2 Å². The summed E-state index contributed by atoms with van der Waals surface area (Å²) in [6, 6.07) is 30.4. The minimum atomic E-state index is -4.18. The van der Waals surface area contributed by atoms with Crippen LogP contribution in [0.4, 0.5) is 9.59 Å². The first kappa shape index (κ1) is 62.1. The summed E-state index contributed by atoms with van der Waals surface area (Å²) in [6.45, 7) is 12.7. The average Bonchev–Trinajstić information content (AvgIpc) is 3.81. The van der Waals surface area contributed by atoms with Gasteiger partial charge in [0.05, 0.1) is 68.6 Å². The van der Waals surface area contributed by atoms with Crippen molar-refractivity contribution in [2.75, 3.05) is 53.8 Å². The van der Waals surface area contributed by atoms with E-state index in [0.29, 0.717) is 50.8 Å². The van der Waals surface area contributed by atoms with E-state index in [-0.39, 0.29) is 54.6 Å². The van der Waals surface area contributed by atoms with E-state index >= 15 is 0 Å². The van der Waals surface area contributed by atoms with Gasteiger partial charge in [0.15, 0.2) is 0 Å². The Bertz CT molecular complexity index is 2530. The molecule has 0 bridgehead atoms. The van der Waals surface area contributed by atoms with Crippen molar-refractivity contribution in [2.45, 2.75) is 132 Å². The van der Waals surface area contributed by atoms with Gasteiger partial charge in [0, 0.05) is 26.1 Å². The Balaban J connectivity index is 0.000000268. The number of nitrogens with zero attached hydrogens (tertiary/aromatic N) is 1. The first-order valence-corrected chi connectivity index (χ1v) is 27.1. The number of hydroxylamine groups is 1. The molecule has 0 aromatic heterocycles. The third-order valence-corrected chi connectivity index (χ3v) is 13.8. The van der Waals surface area contributed by atoms with E-state index in [0.717, 1.165) is 16.5 Å². The Labute approximate surface area is 442 Å². The monoisotopic (exact) mass is 1090 g/mol. The normalized spacial score (nSPS) is 18.6. The summed E-state index contributed by atoms with van der Waals surface area (Å²) in [6.07, 6.45) is -0.861. The quantitative estimate of drug-likeness (QED) is 0.0528. The van der Waals surface area contributed by atoms with Crippen LogP contribution in [0.2, 0.25) is 0 Å². The Morgan fingerprint density at radius 2 is 1.13 bits per heavy atom. The van der Waals surface area contributed by atoms with Crippen LogP contribution in [0.5, 0.6) is 11.5 Å². The lowest BCUT2D eigenvalue weighted by molar-refractivity contribution is -0.147. The van der Waals surface area contributed by atoms with Crippen molar-refractivity contribution in [3.8, 4) is 11.5 Å². The van der Waals surface area contributed by atoms with E-state index in [1.807, 2.05) is 81.4 Å². The van der Waals surface area contributed by atoms with Crippen molar-refractivity contribution < 1.29 is 74.4 Å². The Morgan fingerprint density at radius 1 is 0.667 bits per heavy atom. The molecular weight excluding hydrogens is 1010 g/mol. The molecule has 2 amide bonds. The number of carbonyl (C=O) groups excluding carboxylic acids is 2. The number of carbonyl (C=O) groups is 2. The zero-order chi connectivity index (χ0) is 53.9. The molecule has 0 radical (unpaired) electrons. The Morgan fingerprint density at radius 3 is 1.59 bits per heavy atom. The minimum Gasteiger partial charge on any atom is -0.497 e. The summed E-state index contributed by atoms with van der Waals surface area (Å²) >= 11 is 0. The summed E-state index contributed by atoms with van der Waals surface area (Å²) in [5.74, 6) is 1.10. The summed E-state index contributed by atoms with van der Waals surface area (Å²) in [4.78, 5) is 37.5. The van der Waals surface area contributed by atoms with Crippen molar-refractivity contribution in [1.29, 1.82) is 0 Å². The summed E-state index contributed by atoms with van der Waals surface area (Å²) in [5.41, 5.74) is 0.796. The van der Waals surface area contributed by atoms with Gasteiger partial charge in [-0.2, -0.15) is 0 Å². The van der Waals surface area contributed by atoms with Crippen LogP contribution >= 0.6 is 0 Å². The molecule has 22 heteroatoms. The molecule has 7 rings (SSSR count). The molecular formula is C53H76N4O16S2. The summed E-state index contributed by atoms with van der Waals surface area (Å²) in [7, 11) is -4.83. The largest absolute Gasteiger partial charge is 0.497 e. The molecule has 416 valence electrons. The molecule has 0 aliphatic carbocycles. The number of sulfonamides is 2. The first-order chi connectivity index (χ1) is 35.0. The molecule has 3 unspecified atom stereocenters. The van der Waals surface area contributed by atoms with Crippen LogP contribution < -0.4 is 25.0 Å². The molecule has 3 aliphatic heterocycles. The number of aliphatic hydroxyl groups excluding tert-OH is 1. The molecule has 3 aliphatic rings. The van der Waals surface area contributed by atoms with Crippen LogP contribution in [-0.2, 0) is 66.2 Å². The fraction of sp³-hybridized carbons (Fsp3) is 0.509. The van der Waals surface area contributed by atoms with E-state index < -0.39 is 62.1 Å². The van der Waals surface area contributed by atoms with Gasteiger partial charge >= 0.3 is 12.2 Å². The second-order valence-corrected chi connectivity index (χ2v) is 22.9. The topological polar surface area (TPSA) is 248 Å². The van der Waals surface area contributed by atoms with Gasteiger partial charge in [-0.25, -0.2) is 26.4 Å². The maximum absolute atomic E-state index is 13.5. The van der Waals surface area contributed by atoms with Gasteiger partial charge in [-0.05, 0) is 114 Å². The van der Waals surface area contributed by atoms with Crippen molar-refractivity contribution in [1.82, 2.24) is 20.0 Å². The number of hydrogen-bond donors (Lipinski definition) is 4. The first-order valence-electron chi connectivity index (χ1n) is 24.2. The summed E-state index contributed by atoms with van der Waals surface area (Å²) in [5, 5.41) is 16.8. The fourth-order valence-corrected chi connectivity index (χ4v) is 9.30. The van der Waals surface area contributed by atoms with Crippen molar-refractivity contribution in [3.63, 3.8) is 0 Å². The van der Waals surface area contributed by atoms with E-state index in [1.54, 1.807) is 32.9 Å². The lowest BCUT2D eigenvalue weighted by Crippen LogP contribution is -2.52. The van der Waals surface area contributed by atoms with Crippen LogP contribution in [-0.4, -0.2) is 140 Å². The Hall–Kier alpha value is -5.40. The average molecular weight is 1090 g/mol. The number of hydrogen-bond acceptors (Lipinski definition) is 16. The second-order valence-electron chi connectivity index (χ2n) is 19.4. The number of ether oxygens (including phenoxy) is 7. The molecule has 0 saturated carbocycles. The van der Waals surface area contributed by atoms with E-state index in [2.05, 4.69) is 15.5 Å². The van der Waals surface area contributed by atoms with Crippen LogP contribution in [0.3, 0.4) is 0 Å². The lowest BCUT2D eigenvalue weighted by atomic mass is 10.0. The number of methoxy groups -OCH3 is 2. The SMILES string of the molecule is C.CC(C)(C)OC(=O)N[C@@H](Cc1ccccc1)C1CO1.COc1ccc(S(=O)(=O)N(C[C@@H](O)[C@H](Cc2ccccc2)NC(=O)OC(C)(C)C)OC2CCOC2)cc1.COc1ccc(S(=O)(=O)NOC2CCOC2)cc1. The van der Waals surface area contributed by atoms with Gasteiger partial charge in [0.25, 0.3) is 20.0 Å². The van der Waals surface area contributed by atoms with Gasteiger partial charge in [-0.15, -0.1) is 0 Å². The van der Waals surface area contributed by atoms with Gasteiger partial charge < -0.3 is 48.9 Å². The molecule has 3 saturated heterocycles. The second kappa shape index (κ2) is 29.2.